The Hall–Kier alpha value is -1.34. The van der Waals surface area contributed by atoms with Crippen molar-refractivity contribution in [2.24, 2.45) is 0 Å². The predicted octanol–water partition coefficient (Wildman–Crippen LogP) is 2.45. The Balaban J connectivity index is 1.48. The number of rotatable bonds is 9. The number of methoxy groups -OCH3 is 1. The highest BCUT2D eigenvalue weighted by Gasteiger charge is 2.21. The Morgan fingerprint density at radius 1 is 1.10 bits per heavy atom. The van der Waals surface area contributed by atoms with Gasteiger partial charge in [-0.05, 0) is 44.6 Å². The molecule has 0 amide bonds. The van der Waals surface area contributed by atoms with Gasteiger partial charge in [-0.25, -0.2) is 0 Å². The van der Waals surface area contributed by atoms with E-state index >= 15 is 0 Å². The first-order valence-corrected chi connectivity index (χ1v) is 11.1. The number of hydrogen-bond donors (Lipinski definition) is 1. The standard InChI is InChI=1S/C23H39N3O3/c1-24-11-13-26(14-12-24)16-19-9-10-22(23(15-19)28-3)29-18-21(27)17-25(2)20-7-5-4-6-8-20/h9-10,15,20-21,27H,4-8,11-14,16-18H2,1-3H3/t21-/m1/s1. The van der Waals surface area contributed by atoms with Gasteiger partial charge in [-0.15, -0.1) is 0 Å². The molecule has 1 saturated heterocycles. The molecule has 0 spiro atoms. The second-order valence-corrected chi connectivity index (χ2v) is 8.76. The van der Waals surface area contributed by atoms with Crippen LogP contribution in [-0.2, 0) is 6.54 Å². The van der Waals surface area contributed by atoms with Crippen LogP contribution in [-0.4, -0.2) is 92.5 Å². The molecule has 2 aliphatic rings. The van der Waals surface area contributed by atoms with Crippen LogP contribution in [0.3, 0.4) is 0 Å². The molecule has 1 aliphatic carbocycles. The molecular formula is C23H39N3O3. The number of ether oxygens (including phenoxy) is 2. The zero-order chi connectivity index (χ0) is 20.6. The number of aliphatic hydroxyl groups is 1. The van der Waals surface area contributed by atoms with Gasteiger partial charge in [-0.3, -0.25) is 4.90 Å². The molecular weight excluding hydrogens is 366 g/mol. The van der Waals surface area contributed by atoms with Gasteiger partial charge in [0.15, 0.2) is 11.5 Å². The van der Waals surface area contributed by atoms with Crippen LogP contribution >= 0.6 is 0 Å². The molecule has 1 aliphatic heterocycles. The molecule has 3 rings (SSSR count). The minimum absolute atomic E-state index is 0.283. The Bertz CT molecular complexity index is 613. The summed E-state index contributed by atoms with van der Waals surface area (Å²) in [7, 11) is 5.97. The highest BCUT2D eigenvalue weighted by atomic mass is 16.5. The average molecular weight is 406 g/mol. The van der Waals surface area contributed by atoms with E-state index in [-0.39, 0.29) is 6.61 Å². The third-order valence-electron chi connectivity index (χ3n) is 6.36. The van der Waals surface area contributed by atoms with E-state index in [1.165, 1.54) is 37.7 Å². The zero-order valence-electron chi connectivity index (χ0n) is 18.5. The summed E-state index contributed by atoms with van der Waals surface area (Å²) in [6.07, 6.45) is 5.94. The predicted molar refractivity (Wildman–Crippen MR) is 117 cm³/mol. The van der Waals surface area contributed by atoms with Gasteiger partial charge in [-0.2, -0.15) is 0 Å². The summed E-state index contributed by atoms with van der Waals surface area (Å²) in [5.74, 6) is 1.44. The molecule has 29 heavy (non-hydrogen) atoms. The molecule has 1 saturated carbocycles. The van der Waals surface area contributed by atoms with Crippen molar-refractivity contribution in [1.29, 1.82) is 0 Å². The lowest BCUT2D eigenvalue weighted by molar-refractivity contribution is 0.0553. The van der Waals surface area contributed by atoms with Gasteiger partial charge in [0.1, 0.15) is 12.7 Å². The van der Waals surface area contributed by atoms with Crippen LogP contribution < -0.4 is 9.47 Å². The van der Waals surface area contributed by atoms with Crippen molar-refractivity contribution in [2.45, 2.75) is 50.8 Å². The Labute approximate surface area is 176 Å². The number of piperazine rings is 1. The van der Waals surface area contributed by atoms with Crippen molar-refractivity contribution in [2.75, 3.05) is 60.5 Å². The highest BCUT2D eigenvalue weighted by Crippen LogP contribution is 2.29. The van der Waals surface area contributed by atoms with Gasteiger partial charge in [0.25, 0.3) is 0 Å². The van der Waals surface area contributed by atoms with E-state index in [9.17, 15) is 5.11 Å². The quantitative estimate of drug-likeness (QED) is 0.681. The molecule has 6 heteroatoms. The maximum Gasteiger partial charge on any atom is 0.161 e. The van der Waals surface area contributed by atoms with Crippen LogP contribution in [0.4, 0.5) is 0 Å². The molecule has 1 heterocycles. The molecule has 1 atom stereocenters. The second kappa shape index (κ2) is 11.2. The van der Waals surface area contributed by atoms with Crippen molar-refractivity contribution in [1.82, 2.24) is 14.7 Å². The van der Waals surface area contributed by atoms with Crippen LogP contribution in [0.15, 0.2) is 18.2 Å². The van der Waals surface area contributed by atoms with Gasteiger partial charge in [0, 0.05) is 45.3 Å². The lowest BCUT2D eigenvalue weighted by Gasteiger charge is -2.32. The van der Waals surface area contributed by atoms with Crippen LogP contribution in [0.2, 0.25) is 0 Å². The molecule has 1 N–H and O–H groups in total. The summed E-state index contributed by atoms with van der Waals surface area (Å²) in [5, 5.41) is 10.4. The normalized spacial score (nSPS) is 20.7. The number of likely N-dealkylation sites (N-methyl/N-ethyl adjacent to an activating group) is 2. The maximum atomic E-state index is 10.4. The Kier molecular flexibility index (Phi) is 8.60. The van der Waals surface area contributed by atoms with Crippen molar-refractivity contribution in [3.8, 4) is 11.5 Å². The lowest BCUT2D eigenvalue weighted by atomic mass is 9.94. The molecule has 164 valence electrons. The van der Waals surface area contributed by atoms with Crippen molar-refractivity contribution < 1.29 is 14.6 Å². The molecule has 0 bridgehead atoms. The molecule has 0 radical (unpaired) electrons. The monoisotopic (exact) mass is 405 g/mol. The van der Waals surface area contributed by atoms with E-state index in [0.717, 1.165) is 38.5 Å². The highest BCUT2D eigenvalue weighted by molar-refractivity contribution is 5.43. The van der Waals surface area contributed by atoms with Gasteiger partial charge in [0.2, 0.25) is 0 Å². The summed E-state index contributed by atoms with van der Waals surface area (Å²) in [6.45, 7) is 6.28. The molecule has 0 unspecified atom stereocenters. The minimum atomic E-state index is -0.503. The fourth-order valence-corrected chi connectivity index (χ4v) is 4.44. The van der Waals surface area contributed by atoms with E-state index in [1.807, 2.05) is 6.07 Å². The number of hydrogen-bond acceptors (Lipinski definition) is 6. The lowest BCUT2D eigenvalue weighted by Crippen LogP contribution is -2.43. The number of benzene rings is 1. The van der Waals surface area contributed by atoms with E-state index < -0.39 is 6.10 Å². The molecule has 2 fully saturated rings. The fraction of sp³-hybridized carbons (Fsp3) is 0.739. The van der Waals surface area contributed by atoms with E-state index in [0.29, 0.717) is 18.3 Å². The number of aliphatic hydroxyl groups excluding tert-OH is 1. The van der Waals surface area contributed by atoms with Crippen molar-refractivity contribution in [3.05, 3.63) is 23.8 Å². The van der Waals surface area contributed by atoms with Crippen molar-refractivity contribution in [3.63, 3.8) is 0 Å². The molecule has 6 nitrogen and oxygen atoms in total. The Morgan fingerprint density at radius 2 is 1.83 bits per heavy atom. The third kappa shape index (κ3) is 6.85. The van der Waals surface area contributed by atoms with E-state index in [2.05, 4.69) is 40.9 Å². The molecule has 1 aromatic rings. The molecule has 1 aromatic carbocycles. The maximum absolute atomic E-state index is 10.4. The minimum Gasteiger partial charge on any atom is -0.493 e. The second-order valence-electron chi connectivity index (χ2n) is 8.76. The van der Waals surface area contributed by atoms with Gasteiger partial charge < -0.3 is 24.4 Å². The summed E-state index contributed by atoms with van der Waals surface area (Å²) in [6, 6.07) is 6.74. The summed E-state index contributed by atoms with van der Waals surface area (Å²) < 4.78 is 11.5. The van der Waals surface area contributed by atoms with Crippen molar-refractivity contribution >= 4 is 0 Å². The van der Waals surface area contributed by atoms with Gasteiger partial charge in [-0.1, -0.05) is 25.3 Å². The largest absolute Gasteiger partial charge is 0.493 e. The average Bonchev–Trinajstić information content (AvgIpc) is 2.75. The first kappa shape index (κ1) is 22.3. The van der Waals surface area contributed by atoms with E-state index in [4.69, 9.17) is 9.47 Å². The summed E-state index contributed by atoms with van der Waals surface area (Å²) in [4.78, 5) is 7.13. The van der Waals surface area contributed by atoms with Crippen LogP contribution in [0.1, 0.15) is 37.7 Å². The SMILES string of the molecule is COc1cc(CN2CCN(C)CC2)ccc1OC[C@H](O)CN(C)C1CCCCC1. The summed E-state index contributed by atoms with van der Waals surface area (Å²) in [5.41, 5.74) is 1.23. The zero-order valence-corrected chi connectivity index (χ0v) is 18.5. The fourth-order valence-electron chi connectivity index (χ4n) is 4.44. The van der Waals surface area contributed by atoms with Gasteiger partial charge in [0.05, 0.1) is 7.11 Å². The van der Waals surface area contributed by atoms with Crippen LogP contribution in [0.25, 0.3) is 0 Å². The van der Waals surface area contributed by atoms with Crippen LogP contribution in [0.5, 0.6) is 11.5 Å². The van der Waals surface area contributed by atoms with Crippen LogP contribution in [0, 0.1) is 0 Å². The Morgan fingerprint density at radius 3 is 2.52 bits per heavy atom. The topological polar surface area (TPSA) is 48.4 Å². The van der Waals surface area contributed by atoms with Gasteiger partial charge >= 0.3 is 0 Å². The smallest absolute Gasteiger partial charge is 0.161 e. The first-order valence-electron chi connectivity index (χ1n) is 11.1. The molecule has 0 aromatic heterocycles. The summed E-state index contributed by atoms with van der Waals surface area (Å²) >= 11 is 0. The third-order valence-corrected chi connectivity index (χ3v) is 6.36. The number of nitrogens with zero attached hydrogens (tertiary/aromatic N) is 3. The first-order chi connectivity index (χ1) is 14.0. The van der Waals surface area contributed by atoms with E-state index in [1.54, 1.807) is 7.11 Å².